The molecule has 1 aliphatic rings. The SMILES string of the molecule is CCC1CC(OC/C=C\C=C(C)C)C1. The Morgan fingerprint density at radius 1 is 1.36 bits per heavy atom. The molecule has 0 unspecified atom stereocenters. The second kappa shape index (κ2) is 6.02. The lowest BCUT2D eigenvalue weighted by Gasteiger charge is -2.34. The van der Waals surface area contributed by atoms with Crippen LogP contribution in [0, 0.1) is 5.92 Å². The first-order valence-corrected chi connectivity index (χ1v) is 5.64. The summed E-state index contributed by atoms with van der Waals surface area (Å²) in [6, 6.07) is 0. The van der Waals surface area contributed by atoms with Gasteiger partial charge in [-0.05, 0) is 32.6 Å². The van der Waals surface area contributed by atoms with Gasteiger partial charge in [-0.25, -0.2) is 0 Å². The largest absolute Gasteiger partial charge is 0.374 e. The first-order valence-electron chi connectivity index (χ1n) is 5.64. The molecule has 1 nitrogen and oxygen atoms in total. The zero-order valence-corrected chi connectivity index (χ0v) is 9.62. The number of ether oxygens (including phenoxy) is 1. The molecular formula is C13H22O. The zero-order valence-electron chi connectivity index (χ0n) is 9.62. The molecular weight excluding hydrogens is 172 g/mol. The van der Waals surface area contributed by atoms with Crippen LogP contribution in [0.25, 0.3) is 0 Å². The predicted molar refractivity (Wildman–Crippen MR) is 61.3 cm³/mol. The summed E-state index contributed by atoms with van der Waals surface area (Å²) in [7, 11) is 0. The molecule has 0 amide bonds. The topological polar surface area (TPSA) is 9.23 Å². The lowest BCUT2D eigenvalue weighted by molar-refractivity contribution is -0.0180. The molecule has 80 valence electrons. The molecule has 0 spiro atoms. The van der Waals surface area contributed by atoms with E-state index in [9.17, 15) is 0 Å². The average molecular weight is 194 g/mol. The minimum Gasteiger partial charge on any atom is -0.374 e. The van der Waals surface area contributed by atoms with Crippen molar-refractivity contribution < 1.29 is 4.74 Å². The van der Waals surface area contributed by atoms with E-state index in [1.54, 1.807) is 0 Å². The fourth-order valence-corrected chi connectivity index (χ4v) is 1.65. The first kappa shape index (κ1) is 11.5. The molecule has 0 aromatic rings. The van der Waals surface area contributed by atoms with Gasteiger partial charge in [0.2, 0.25) is 0 Å². The van der Waals surface area contributed by atoms with Crippen LogP contribution in [-0.2, 0) is 4.74 Å². The Kier molecular flexibility index (Phi) is 4.95. The fourth-order valence-electron chi connectivity index (χ4n) is 1.65. The third kappa shape index (κ3) is 4.10. The van der Waals surface area contributed by atoms with E-state index in [1.807, 2.05) is 0 Å². The second-order valence-electron chi connectivity index (χ2n) is 4.37. The van der Waals surface area contributed by atoms with E-state index in [0.29, 0.717) is 6.10 Å². The van der Waals surface area contributed by atoms with Crippen molar-refractivity contribution in [2.45, 2.75) is 46.1 Å². The third-order valence-corrected chi connectivity index (χ3v) is 2.76. The molecule has 1 saturated carbocycles. The van der Waals surface area contributed by atoms with Gasteiger partial charge in [0, 0.05) is 0 Å². The van der Waals surface area contributed by atoms with E-state index in [2.05, 4.69) is 39.0 Å². The van der Waals surface area contributed by atoms with Gasteiger partial charge in [0.05, 0.1) is 12.7 Å². The van der Waals surface area contributed by atoms with Gasteiger partial charge in [-0.15, -0.1) is 0 Å². The molecule has 1 rings (SSSR count). The van der Waals surface area contributed by atoms with Crippen LogP contribution in [-0.4, -0.2) is 12.7 Å². The summed E-state index contributed by atoms with van der Waals surface area (Å²) in [5, 5.41) is 0. The lowest BCUT2D eigenvalue weighted by Crippen LogP contribution is -2.30. The summed E-state index contributed by atoms with van der Waals surface area (Å²) in [4.78, 5) is 0. The van der Waals surface area contributed by atoms with Crippen molar-refractivity contribution in [3.63, 3.8) is 0 Å². The van der Waals surface area contributed by atoms with E-state index >= 15 is 0 Å². The monoisotopic (exact) mass is 194 g/mol. The van der Waals surface area contributed by atoms with Gasteiger partial charge in [0.15, 0.2) is 0 Å². The quantitative estimate of drug-likeness (QED) is 0.606. The summed E-state index contributed by atoms with van der Waals surface area (Å²) in [5.74, 6) is 0.932. The number of hydrogen-bond acceptors (Lipinski definition) is 1. The number of allylic oxidation sites excluding steroid dienone is 3. The van der Waals surface area contributed by atoms with Crippen LogP contribution in [0.1, 0.15) is 40.0 Å². The molecule has 0 heterocycles. The Hall–Kier alpha value is -0.560. The van der Waals surface area contributed by atoms with E-state index in [1.165, 1.54) is 24.8 Å². The van der Waals surface area contributed by atoms with Gasteiger partial charge < -0.3 is 4.74 Å². The highest BCUT2D eigenvalue weighted by Crippen LogP contribution is 2.32. The standard InChI is InChI=1S/C13H22O/c1-4-12-9-13(10-12)14-8-6-5-7-11(2)3/h5-7,12-13H,4,8-10H2,1-3H3/b6-5-. The van der Waals surface area contributed by atoms with Crippen LogP contribution in [0.4, 0.5) is 0 Å². The molecule has 0 aromatic carbocycles. The highest BCUT2D eigenvalue weighted by Gasteiger charge is 2.27. The highest BCUT2D eigenvalue weighted by molar-refractivity contribution is 5.08. The number of rotatable bonds is 5. The van der Waals surface area contributed by atoms with Gasteiger partial charge in [-0.3, -0.25) is 0 Å². The smallest absolute Gasteiger partial charge is 0.0654 e. The van der Waals surface area contributed by atoms with Crippen molar-refractivity contribution in [2.75, 3.05) is 6.61 Å². The predicted octanol–water partition coefficient (Wildman–Crippen LogP) is 3.71. The van der Waals surface area contributed by atoms with Crippen LogP contribution in [0.5, 0.6) is 0 Å². The van der Waals surface area contributed by atoms with Gasteiger partial charge in [-0.1, -0.05) is 37.1 Å². The van der Waals surface area contributed by atoms with Crippen molar-refractivity contribution in [2.24, 2.45) is 5.92 Å². The lowest BCUT2D eigenvalue weighted by atomic mass is 9.80. The molecule has 0 radical (unpaired) electrons. The summed E-state index contributed by atoms with van der Waals surface area (Å²) < 4.78 is 5.68. The summed E-state index contributed by atoms with van der Waals surface area (Å²) >= 11 is 0. The van der Waals surface area contributed by atoms with Crippen LogP contribution in [0.15, 0.2) is 23.8 Å². The van der Waals surface area contributed by atoms with Gasteiger partial charge in [0.1, 0.15) is 0 Å². The van der Waals surface area contributed by atoms with Crippen molar-refractivity contribution in [1.82, 2.24) is 0 Å². The molecule has 0 atom stereocenters. The normalized spacial score (nSPS) is 26.2. The van der Waals surface area contributed by atoms with Crippen molar-refractivity contribution >= 4 is 0 Å². The number of hydrogen-bond donors (Lipinski definition) is 0. The Morgan fingerprint density at radius 3 is 2.64 bits per heavy atom. The Balaban J connectivity index is 2.00. The van der Waals surface area contributed by atoms with Crippen molar-refractivity contribution in [3.05, 3.63) is 23.8 Å². The molecule has 1 aliphatic carbocycles. The third-order valence-electron chi connectivity index (χ3n) is 2.76. The van der Waals surface area contributed by atoms with Crippen LogP contribution < -0.4 is 0 Å². The van der Waals surface area contributed by atoms with E-state index in [0.717, 1.165) is 12.5 Å². The van der Waals surface area contributed by atoms with Crippen LogP contribution >= 0.6 is 0 Å². The minimum atomic E-state index is 0.538. The molecule has 0 bridgehead atoms. The molecule has 0 aromatic heterocycles. The Morgan fingerprint density at radius 2 is 2.07 bits per heavy atom. The maximum absolute atomic E-state index is 5.68. The van der Waals surface area contributed by atoms with E-state index < -0.39 is 0 Å². The summed E-state index contributed by atoms with van der Waals surface area (Å²) in [6.45, 7) is 7.23. The van der Waals surface area contributed by atoms with Crippen molar-refractivity contribution in [3.8, 4) is 0 Å². The molecule has 0 aliphatic heterocycles. The Labute approximate surface area is 87.8 Å². The maximum Gasteiger partial charge on any atom is 0.0654 e. The van der Waals surface area contributed by atoms with Crippen LogP contribution in [0.3, 0.4) is 0 Å². The summed E-state index contributed by atoms with van der Waals surface area (Å²) in [6.07, 6.45) is 10.7. The maximum atomic E-state index is 5.68. The van der Waals surface area contributed by atoms with Crippen molar-refractivity contribution in [1.29, 1.82) is 0 Å². The molecule has 1 fully saturated rings. The fraction of sp³-hybridized carbons (Fsp3) is 0.692. The van der Waals surface area contributed by atoms with Gasteiger partial charge in [0.25, 0.3) is 0 Å². The second-order valence-corrected chi connectivity index (χ2v) is 4.37. The van der Waals surface area contributed by atoms with Gasteiger partial charge in [-0.2, -0.15) is 0 Å². The molecule has 0 saturated heterocycles. The molecule has 0 N–H and O–H groups in total. The summed E-state index contributed by atoms with van der Waals surface area (Å²) in [5.41, 5.74) is 1.33. The average Bonchev–Trinajstić information content (AvgIpc) is 2.07. The van der Waals surface area contributed by atoms with Gasteiger partial charge >= 0.3 is 0 Å². The van der Waals surface area contributed by atoms with Crippen LogP contribution in [0.2, 0.25) is 0 Å². The molecule has 14 heavy (non-hydrogen) atoms. The first-order chi connectivity index (χ1) is 6.72. The molecule has 1 heteroatoms. The zero-order chi connectivity index (χ0) is 10.4. The Bertz CT molecular complexity index is 205. The van der Waals surface area contributed by atoms with E-state index in [-0.39, 0.29) is 0 Å². The van der Waals surface area contributed by atoms with E-state index in [4.69, 9.17) is 4.74 Å². The minimum absolute atomic E-state index is 0.538. The highest BCUT2D eigenvalue weighted by atomic mass is 16.5.